The fourth-order valence-electron chi connectivity index (χ4n) is 4.13. The molecule has 2 aromatic rings. The zero-order chi connectivity index (χ0) is 20.5. The first-order chi connectivity index (χ1) is 14.1. The number of nitrogens with zero attached hydrogens (tertiary/aromatic N) is 1. The molecule has 3 rings (SSSR count). The summed E-state index contributed by atoms with van der Waals surface area (Å²) in [5.74, 6) is 4.94. The zero-order valence-electron chi connectivity index (χ0n) is 17.4. The van der Waals surface area contributed by atoms with Crippen molar-refractivity contribution in [2.75, 3.05) is 26.3 Å². The van der Waals surface area contributed by atoms with Gasteiger partial charge < -0.3 is 4.74 Å². The van der Waals surface area contributed by atoms with E-state index < -0.39 is 0 Å². The summed E-state index contributed by atoms with van der Waals surface area (Å²) < 4.78 is 5.90. The van der Waals surface area contributed by atoms with Gasteiger partial charge in [0.15, 0.2) is 0 Å². The van der Waals surface area contributed by atoms with Gasteiger partial charge in [0.2, 0.25) is 0 Å². The minimum atomic E-state index is -0.256. The van der Waals surface area contributed by atoms with E-state index in [1.165, 1.54) is 17.5 Å². The van der Waals surface area contributed by atoms with Gasteiger partial charge in [0.05, 0.1) is 6.61 Å². The smallest absolute Gasteiger partial charge is 0.265 e. The van der Waals surface area contributed by atoms with Gasteiger partial charge in [0, 0.05) is 18.7 Å². The van der Waals surface area contributed by atoms with Crippen LogP contribution in [0.15, 0.2) is 54.6 Å². The number of hydrazine groups is 1. The first kappa shape index (κ1) is 21.5. The number of nitrogens with two attached hydrogens (primary N) is 1. The Hall–Kier alpha value is -2.21. The molecule has 1 fully saturated rings. The highest BCUT2D eigenvalue weighted by atomic mass is 16.5. The van der Waals surface area contributed by atoms with Gasteiger partial charge in [-0.05, 0) is 74.4 Å². The van der Waals surface area contributed by atoms with Crippen LogP contribution in [0.25, 0.3) is 0 Å². The topological polar surface area (TPSA) is 67.6 Å². The van der Waals surface area contributed by atoms with E-state index in [1.807, 2.05) is 24.3 Å². The third-order valence-electron chi connectivity index (χ3n) is 6.07. The summed E-state index contributed by atoms with van der Waals surface area (Å²) in [6, 6.07) is 18.5. The van der Waals surface area contributed by atoms with Gasteiger partial charge in [-0.15, -0.1) is 0 Å². The van der Waals surface area contributed by atoms with Crippen molar-refractivity contribution in [2.24, 2.45) is 11.3 Å². The van der Waals surface area contributed by atoms with Gasteiger partial charge >= 0.3 is 0 Å². The molecule has 0 aliphatic carbocycles. The molecule has 1 aliphatic heterocycles. The number of carbonyl (C=O) groups is 1. The molecule has 0 bridgehead atoms. The van der Waals surface area contributed by atoms with Crippen LogP contribution in [0.4, 0.5) is 0 Å². The summed E-state index contributed by atoms with van der Waals surface area (Å²) in [5, 5.41) is 0. The highest BCUT2D eigenvalue weighted by molar-refractivity contribution is 5.93. The largest absolute Gasteiger partial charge is 0.381 e. The van der Waals surface area contributed by atoms with E-state index in [-0.39, 0.29) is 11.3 Å². The number of nitrogen functional groups attached to an aromatic ring is 1. The number of hydrogen-bond acceptors (Lipinski definition) is 4. The van der Waals surface area contributed by atoms with Gasteiger partial charge in [0.1, 0.15) is 0 Å². The summed E-state index contributed by atoms with van der Waals surface area (Å²) in [4.78, 5) is 14.1. The number of benzene rings is 2. The minimum absolute atomic E-state index is 0.256. The fraction of sp³-hybridized carbons (Fsp3) is 0.458. The first-order valence-corrected chi connectivity index (χ1v) is 10.6. The molecule has 3 N–H and O–H groups in total. The molecule has 1 heterocycles. The number of hydrogen-bond donors (Lipinski definition) is 2. The molecule has 0 aromatic heterocycles. The van der Waals surface area contributed by atoms with Gasteiger partial charge in [-0.2, -0.15) is 0 Å². The second kappa shape index (κ2) is 10.5. The Morgan fingerprint density at radius 1 is 1.07 bits per heavy atom. The second-order valence-corrected chi connectivity index (χ2v) is 8.07. The van der Waals surface area contributed by atoms with Crippen LogP contribution >= 0.6 is 0 Å². The third-order valence-corrected chi connectivity index (χ3v) is 6.07. The van der Waals surface area contributed by atoms with Crippen molar-refractivity contribution in [1.29, 1.82) is 0 Å². The van der Waals surface area contributed by atoms with Gasteiger partial charge in [-0.25, -0.2) is 5.84 Å². The standard InChI is InChI=1S/C24H33N3O2/c1-2-29-19-24(13-12-20-6-4-3-5-7-20)14-16-27(17-15-24)18-21-8-10-22(11-9-21)23(28)26-25/h3-11H,2,12-19,25H2,1H3,(H,26,28). The average Bonchev–Trinajstić information content (AvgIpc) is 2.78. The number of rotatable bonds is 9. The molecule has 1 aliphatic rings. The minimum Gasteiger partial charge on any atom is -0.381 e. The molecule has 1 saturated heterocycles. The molecule has 29 heavy (non-hydrogen) atoms. The fourth-order valence-corrected chi connectivity index (χ4v) is 4.13. The van der Waals surface area contributed by atoms with Crippen molar-refractivity contribution in [2.45, 2.75) is 39.2 Å². The van der Waals surface area contributed by atoms with E-state index in [2.05, 4.69) is 47.6 Å². The highest BCUT2D eigenvalue weighted by Crippen LogP contribution is 2.37. The van der Waals surface area contributed by atoms with Crippen molar-refractivity contribution in [1.82, 2.24) is 10.3 Å². The molecule has 0 radical (unpaired) electrons. The maximum Gasteiger partial charge on any atom is 0.265 e. The molecule has 156 valence electrons. The molecular formula is C24H33N3O2. The van der Waals surface area contributed by atoms with Crippen molar-refractivity contribution in [3.05, 3.63) is 71.3 Å². The third kappa shape index (κ3) is 6.13. The quantitative estimate of drug-likeness (QED) is 0.387. The van der Waals surface area contributed by atoms with Gasteiger partial charge in [0.25, 0.3) is 5.91 Å². The molecule has 5 nitrogen and oxygen atoms in total. The molecule has 0 spiro atoms. The summed E-state index contributed by atoms with van der Waals surface area (Å²) in [6.45, 7) is 6.77. The van der Waals surface area contributed by atoms with Crippen molar-refractivity contribution in [3.8, 4) is 0 Å². The SMILES string of the molecule is CCOCC1(CCc2ccccc2)CCN(Cc2ccc(C(=O)NN)cc2)CC1. The van der Waals surface area contributed by atoms with E-state index in [1.54, 1.807) is 0 Å². The lowest BCUT2D eigenvalue weighted by molar-refractivity contribution is -0.00232. The Kier molecular flexibility index (Phi) is 7.81. The number of piperidine rings is 1. The Balaban J connectivity index is 1.55. The molecule has 5 heteroatoms. The number of nitrogens with one attached hydrogen (secondary N) is 1. The Labute approximate surface area is 174 Å². The van der Waals surface area contributed by atoms with Crippen LogP contribution in [0.3, 0.4) is 0 Å². The average molecular weight is 396 g/mol. The lowest BCUT2D eigenvalue weighted by Gasteiger charge is -2.42. The van der Waals surface area contributed by atoms with E-state index in [9.17, 15) is 4.79 Å². The van der Waals surface area contributed by atoms with Crippen LogP contribution in [-0.2, 0) is 17.7 Å². The van der Waals surface area contributed by atoms with Crippen LogP contribution in [0.5, 0.6) is 0 Å². The first-order valence-electron chi connectivity index (χ1n) is 10.6. The number of carbonyl (C=O) groups excluding carboxylic acids is 1. The number of amides is 1. The van der Waals surface area contributed by atoms with E-state index in [4.69, 9.17) is 10.6 Å². The lowest BCUT2D eigenvalue weighted by atomic mass is 9.74. The van der Waals surface area contributed by atoms with E-state index in [0.29, 0.717) is 5.56 Å². The summed E-state index contributed by atoms with van der Waals surface area (Å²) in [6.07, 6.45) is 4.60. The maximum atomic E-state index is 11.6. The van der Waals surface area contributed by atoms with E-state index in [0.717, 1.165) is 52.1 Å². The zero-order valence-corrected chi connectivity index (χ0v) is 17.4. The predicted molar refractivity (Wildman–Crippen MR) is 116 cm³/mol. The molecule has 1 amide bonds. The number of aryl methyl sites for hydroxylation is 1. The van der Waals surface area contributed by atoms with Crippen molar-refractivity contribution in [3.63, 3.8) is 0 Å². The Morgan fingerprint density at radius 2 is 1.76 bits per heavy atom. The van der Waals surface area contributed by atoms with Crippen LogP contribution < -0.4 is 11.3 Å². The van der Waals surface area contributed by atoms with Gasteiger partial charge in [-0.3, -0.25) is 15.1 Å². The van der Waals surface area contributed by atoms with Crippen LogP contribution in [0, 0.1) is 5.41 Å². The molecule has 0 atom stereocenters. The molecule has 2 aromatic carbocycles. The maximum absolute atomic E-state index is 11.6. The van der Waals surface area contributed by atoms with Crippen molar-refractivity contribution < 1.29 is 9.53 Å². The summed E-state index contributed by atoms with van der Waals surface area (Å²) >= 11 is 0. The van der Waals surface area contributed by atoms with E-state index >= 15 is 0 Å². The Morgan fingerprint density at radius 3 is 2.38 bits per heavy atom. The summed E-state index contributed by atoms with van der Waals surface area (Å²) in [5.41, 5.74) is 5.66. The van der Waals surface area contributed by atoms with Crippen LogP contribution in [-0.4, -0.2) is 37.1 Å². The Bertz CT molecular complexity index is 753. The summed E-state index contributed by atoms with van der Waals surface area (Å²) in [7, 11) is 0. The normalized spacial score (nSPS) is 16.5. The van der Waals surface area contributed by atoms with Crippen LogP contribution in [0.1, 0.15) is 47.7 Å². The highest BCUT2D eigenvalue weighted by Gasteiger charge is 2.34. The molecule has 0 saturated carbocycles. The molecular weight excluding hydrogens is 362 g/mol. The lowest BCUT2D eigenvalue weighted by Crippen LogP contribution is -2.42. The van der Waals surface area contributed by atoms with Crippen LogP contribution in [0.2, 0.25) is 0 Å². The number of likely N-dealkylation sites (tertiary alicyclic amines) is 1. The number of ether oxygens (including phenoxy) is 1. The van der Waals surface area contributed by atoms with Gasteiger partial charge in [-0.1, -0.05) is 42.5 Å². The second-order valence-electron chi connectivity index (χ2n) is 8.07. The predicted octanol–water partition coefficient (Wildman–Crippen LogP) is 3.54. The monoisotopic (exact) mass is 395 g/mol. The van der Waals surface area contributed by atoms with Crippen molar-refractivity contribution >= 4 is 5.91 Å². The molecule has 0 unspecified atom stereocenters.